The highest BCUT2D eigenvalue weighted by atomic mass is 16.6. The number of piperazine rings is 1. The topological polar surface area (TPSA) is 124 Å². The highest BCUT2D eigenvalue weighted by molar-refractivity contribution is 5.73. The number of aryl methyl sites for hydroxylation is 1. The molecule has 1 amide bonds. The zero-order valence-electron chi connectivity index (χ0n) is 18.2. The number of benzene rings is 1. The molecule has 2 aliphatic rings. The molecule has 2 fully saturated rings. The lowest BCUT2D eigenvalue weighted by atomic mass is 9.84. The number of nitrogens with zero attached hydrogens (tertiary/aromatic N) is 4. The minimum Gasteiger partial charge on any atom is -0.490 e. The highest BCUT2D eigenvalue weighted by Crippen LogP contribution is 2.41. The minimum atomic E-state index is -0.455. The number of carbonyl (C=O) groups excluding carboxylic acids is 1. The summed E-state index contributed by atoms with van der Waals surface area (Å²) in [6.45, 7) is 4.02. The van der Waals surface area contributed by atoms with Gasteiger partial charge in [0, 0.05) is 63.5 Å². The molecule has 1 aromatic heterocycles. The van der Waals surface area contributed by atoms with Crippen molar-refractivity contribution >= 4 is 11.8 Å². The van der Waals surface area contributed by atoms with Crippen molar-refractivity contribution in [2.75, 3.05) is 46.4 Å². The average Bonchev–Trinajstić information content (AvgIpc) is 3.25. The number of carbonyl (C=O) groups is 1. The molecule has 3 heterocycles. The van der Waals surface area contributed by atoms with Gasteiger partial charge in [0.05, 0.1) is 18.2 Å². The lowest BCUT2D eigenvalue weighted by Gasteiger charge is -2.35. The van der Waals surface area contributed by atoms with Crippen LogP contribution < -0.4 is 15.4 Å². The molecule has 2 saturated heterocycles. The Labute approximate surface area is 185 Å². The van der Waals surface area contributed by atoms with Crippen molar-refractivity contribution in [1.82, 2.24) is 25.3 Å². The molecule has 11 nitrogen and oxygen atoms in total. The van der Waals surface area contributed by atoms with Crippen LogP contribution in [0.15, 0.2) is 24.5 Å². The van der Waals surface area contributed by atoms with Crippen molar-refractivity contribution in [2.24, 2.45) is 7.05 Å². The van der Waals surface area contributed by atoms with Gasteiger partial charge < -0.3 is 25.0 Å². The standard InChI is InChI=1S/C21H28N6O5/c1-25-13-14(11-24-25)15-9-18(27(29)30)20(31-2)10-16(15)17-12-23-4-3-19(17)32-21(28)26-7-5-22-6-8-26/h9-11,13,17,19,22-23H,3-8,12H2,1-2H3. The molecule has 0 bridgehead atoms. The molecular weight excluding hydrogens is 416 g/mol. The number of piperidine rings is 1. The Bertz CT molecular complexity index is 987. The van der Waals surface area contributed by atoms with Crippen LogP contribution in [0.25, 0.3) is 11.1 Å². The van der Waals surface area contributed by atoms with Gasteiger partial charge in [-0.15, -0.1) is 0 Å². The predicted molar refractivity (Wildman–Crippen MR) is 117 cm³/mol. The predicted octanol–water partition coefficient (Wildman–Crippen LogP) is 1.49. The van der Waals surface area contributed by atoms with Crippen LogP contribution in [0.5, 0.6) is 5.75 Å². The van der Waals surface area contributed by atoms with Crippen molar-refractivity contribution in [3.63, 3.8) is 0 Å². The first-order valence-corrected chi connectivity index (χ1v) is 10.7. The second-order valence-corrected chi connectivity index (χ2v) is 8.03. The SMILES string of the molecule is COc1cc(C2CNCCC2OC(=O)N2CCNCC2)c(-c2cnn(C)c2)cc1[N+](=O)[O-]. The second-order valence-electron chi connectivity index (χ2n) is 8.03. The molecule has 2 N–H and O–H groups in total. The van der Waals surface area contributed by atoms with Crippen LogP contribution in [0.4, 0.5) is 10.5 Å². The molecule has 11 heteroatoms. The molecule has 2 unspecified atom stereocenters. The van der Waals surface area contributed by atoms with Crippen molar-refractivity contribution < 1.29 is 19.2 Å². The fourth-order valence-electron chi connectivity index (χ4n) is 4.34. The van der Waals surface area contributed by atoms with Crippen molar-refractivity contribution in [3.8, 4) is 16.9 Å². The molecule has 0 radical (unpaired) electrons. The first-order chi connectivity index (χ1) is 15.5. The summed E-state index contributed by atoms with van der Waals surface area (Å²) >= 11 is 0. The van der Waals surface area contributed by atoms with Crippen LogP contribution in [-0.2, 0) is 11.8 Å². The number of rotatable bonds is 5. The molecule has 4 rings (SSSR count). The smallest absolute Gasteiger partial charge is 0.410 e. The first-order valence-electron chi connectivity index (χ1n) is 10.7. The molecule has 2 atom stereocenters. The lowest BCUT2D eigenvalue weighted by Crippen LogP contribution is -2.49. The van der Waals surface area contributed by atoms with Crippen molar-refractivity contribution in [2.45, 2.75) is 18.4 Å². The summed E-state index contributed by atoms with van der Waals surface area (Å²) in [5.74, 6) is -0.0177. The highest BCUT2D eigenvalue weighted by Gasteiger charge is 2.35. The number of methoxy groups -OCH3 is 1. The molecule has 1 aromatic carbocycles. The molecule has 0 saturated carbocycles. The van der Waals surface area contributed by atoms with Crippen LogP contribution in [0.2, 0.25) is 0 Å². The Morgan fingerprint density at radius 2 is 2.03 bits per heavy atom. The second kappa shape index (κ2) is 9.53. The molecule has 172 valence electrons. The Morgan fingerprint density at radius 1 is 1.25 bits per heavy atom. The van der Waals surface area contributed by atoms with Gasteiger partial charge in [0.25, 0.3) is 0 Å². The fourth-order valence-corrected chi connectivity index (χ4v) is 4.34. The van der Waals surface area contributed by atoms with Gasteiger partial charge in [0.2, 0.25) is 0 Å². The normalized spacial score (nSPS) is 21.2. The lowest BCUT2D eigenvalue weighted by molar-refractivity contribution is -0.385. The maximum Gasteiger partial charge on any atom is 0.410 e. The third-order valence-electron chi connectivity index (χ3n) is 6.01. The van der Waals surface area contributed by atoms with E-state index >= 15 is 0 Å². The average molecular weight is 444 g/mol. The van der Waals surface area contributed by atoms with Crippen LogP contribution in [0.1, 0.15) is 17.9 Å². The van der Waals surface area contributed by atoms with E-state index in [1.54, 1.807) is 28.9 Å². The molecular formula is C21H28N6O5. The van der Waals surface area contributed by atoms with E-state index < -0.39 is 4.92 Å². The molecule has 0 spiro atoms. The fraction of sp³-hybridized carbons (Fsp3) is 0.524. The molecule has 2 aliphatic heterocycles. The Hall–Kier alpha value is -3.18. The quantitative estimate of drug-likeness (QED) is 0.525. The number of aromatic nitrogens is 2. The van der Waals surface area contributed by atoms with E-state index in [1.807, 2.05) is 6.20 Å². The molecule has 2 aromatic rings. The van der Waals surface area contributed by atoms with E-state index in [0.29, 0.717) is 31.6 Å². The van der Waals surface area contributed by atoms with E-state index in [9.17, 15) is 14.9 Å². The number of nitro groups is 1. The number of ether oxygens (including phenoxy) is 2. The van der Waals surface area contributed by atoms with Gasteiger partial charge in [0.15, 0.2) is 5.75 Å². The van der Waals surface area contributed by atoms with Crippen LogP contribution in [0.3, 0.4) is 0 Å². The van der Waals surface area contributed by atoms with Crippen LogP contribution >= 0.6 is 0 Å². The monoisotopic (exact) mass is 444 g/mol. The zero-order valence-corrected chi connectivity index (χ0v) is 18.2. The maximum atomic E-state index is 12.8. The summed E-state index contributed by atoms with van der Waals surface area (Å²) in [4.78, 5) is 25.7. The summed E-state index contributed by atoms with van der Waals surface area (Å²) in [5.41, 5.74) is 2.15. The number of amides is 1. The number of hydrogen-bond acceptors (Lipinski definition) is 8. The van der Waals surface area contributed by atoms with Gasteiger partial charge >= 0.3 is 11.8 Å². The number of nitro benzene ring substituents is 1. The zero-order chi connectivity index (χ0) is 22.7. The Balaban J connectivity index is 1.71. The van der Waals surface area contributed by atoms with E-state index in [1.165, 1.54) is 13.2 Å². The maximum absolute atomic E-state index is 12.8. The summed E-state index contributed by atoms with van der Waals surface area (Å²) in [6, 6.07) is 3.22. The van der Waals surface area contributed by atoms with Crippen molar-refractivity contribution in [3.05, 3.63) is 40.2 Å². The largest absolute Gasteiger partial charge is 0.490 e. The van der Waals surface area contributed by atoms with Gasteiger partial charge in [0.1, 0.15) is 6.10 Å². The summed E-state index contributed by atoms with van der Waals surface area (Å²) in [5, 5.41) is 22.5. The Morgan fingerprint density at radius 3 is 2.69 bits per heavy atom. The Kier molecular flexibility index (Phi) is 6.56. The van der Waals surface area contributed by atoms with Crippen molar-refractivity contribution in [1.29, 1.82) is 0 Å². The minimum absolute atomic E-state index is 0.117. The molecule has 0 aliphatic carbocycles. The van der Waals surface area contributed by atoms with Gasteiger partial charge in [-0.05, 0) is 30.2 Å². The van der Waals surface area contributed by atoms with Gasteiger partial charge in [-0.3, -0.25) is 14.8 Å². The summed E-state index contributed by atoms with van der Waals surface area (Å²) in [7, 11) is 3.21. The van der Waals surface area contributed by atoms with E-state index in [0.717, 1.165) is 30.8 Å². The molecule has 32 heavy (non-hydrogen) atoms. The number of hydrogen-bond donors (Lipinski definition) is 2. The first kappa shape index (κ1) is 22.0. The van der Waals surface area contributed by atoms with E-state index in [2.05, 4.69) is 15.7 Å². The van der Waals surface area contributed by atoms with Crippen LogP contribution in [-0.4, -0.2) is 78.2 Å². The van der Waals surface area contributed by atoms with Gasteiger partial charge in [-0.2, -0.15) is 5.10 Å². The third kappa shape index (κ3) is 4.53. The van der Waals surface area contributed by atoms with Gasteiger partial charge in [-0.1, -0.05) is 0 Å². The number of nitrogens with one attached hydrogen (secondary N) is 2. The summed E-state index contributed by atoms with van der Waals surface area (Å²) < 4.78 is 13.0. The van der Waals surface area contributed by atoms with Crippen LogP contribution in [0, 0.1) is 10.1 Å². The van der Waals surface area contributed by atoms with Gasteiger partial charge in [-0.25, -0.2) is 4.79 Å². The summed E-state index contributed by atoms with van der Waals surface area (Å²) in [6.07, 6.45) is 3.45. The van der Waals surface area contributed by atoms with E-state index in [4.69, 9.17) is 9.47 Å². The van der Waals surface area contributed by atoms with E-state index in [-0.39, 0.29) is 29.6 Å². The third-order valence-corrected chi connectivity index (χ3v) is 6.01.